The molecule has 0 aliphatic heterocycles. The average Bonchev–Trinajstić information content (AvgIpc) is 2.54. The van der Waals surface area contributed by atoms with Crippen molar-refractivity contribution in [2.75, 3.05) is 7.11 Å². The first-order chi connectivity index (χ1) is 11.4. The summed E-state index contributed by atoms with van der Waals surface area (Å²) in [6.45, 7) is 6.24. The van der Waals surface area contributed by atoms with Gasteiger partial charge in [-0.05, 0) is 29.5 Å². The molecule has 0 unspecified atom stereocenters. The molecule has 0 spiro atoms. The molecule has 0 radical (unpaired) electrons. The van der Waals surface area contributed by atoms with Crippen molar-refractivity contribution < 1.29 is 14.3 Å². The Kier molecular flexibility index (Phi) is 6.09. The maximum absolute atomic E-state index is 12.0. The fraction of sp³-hybridized carbons (Fsp3) is 0.333. The van der Waals surface area contributed by atoms with E-state index in [2.05, 4.69) is 30.5 Å². The largest absolute Gasteiger partial charge is 0.481 e. The Labute approximate surface area is 146 Å². The van der Waals surface area contributed by atoms with E-state index in [9.17, 15) is 4.79 Å². The van der Waals surface area contributed by atoms with Crippen LogP contribution in [-0.2, 0) is 11.2 Å². The minimum Gasteiger partial charge on any atom is -0.481 e. The third kappa shape index (κ3) is 5.16. The summed E-state index contributed by atoms with van der Waals surface area (Å²) in [5.41, 5.74) is 1.70. The van der Waals surface area contributed by atoms with Crippen LogP contribution in [0.3, 0.4) is 0 Å². The van der Waals surface area contributed by atoms with Gasteiger partial charge in [0.15, 0.2) is 0 Å². The molecule has 2 aromatic rings. The summed E-state index contributed by atoms with van der Waals surface area (Å²) in [4.78, 5) is 16.3. The number of methoxy groups -OCH3 is 1. The zero-order chi connectivity index (χ0) is 17.6. The van der Waals surface area contributed by atoms with E-state index in [0.717, 1.165) is 11.3 Å². The third-order valence-electron chi connectivity index (χ3n) is 3.26. The summed E-state index contributed by atoms with van der Waals surface area (Å²) in [7, 11) is 1.57. The van der Waals surface area contributed by atoms with Gasteiger partial charge < -0.3 is 9.47 Å². The first kappa shape index (κ1) is 18.1. The lowest BCUT2D eigenvalue weighted by molar-refractivity contribution is 0.206. The van der Waals surface area contributed by atoms with E-state index in [1.165, 1.54) is 11.9 Å². The molecule has 2 rings (SSSR count). The molecule has 1 aromatic carbocycles. The molecule has 1 N–H and O–H groups in total. The molecule has 1 aromatic heterocycles. The first-order valence-electron chi connectivity index (χ1n) is 7.59. The van der Waals surface area contributed by atoms with Crippen molar-refractivity contribution in [2.24, 2.45) is 0 Å². The Morgan fingerprint density at radius 3 is 2.62 bits per heavy atom. The minimum absolute atomic E-state index is 0.103. The second-order valence-corrected chi connectivity index (χ2v) is 6.98. The number of pyridine rings is 1. The van der Waals surface area contributed by atoms with Crippen LogP contribution in [0.15, 0.2) is 42.5 Å². The maximum Gasteiger partial charge on any atom is 0.422 e. The van der Waals surface area contributed by atoms with Gasteiger partial charge in [0, 0.05) is 11.6 Å². The number of carbonyl (C=O) groups excluding carboxylic acids is 1. The van der Waals surface area contributed by atoms with Gasteiger partial charge in [0.25, 0.3) is 0 Å². The van der Waals surface area contributed by atoms with Crippen molar-refractivity contribution in [1.82, 2.24) is 9.71 Å². The van der Waals surface area contributed by atoms with Crippen molar-refractivity contribution in [3.8, 4) is 11.6 Å². The topological polar surface area (TPSA) is 60.5 Å². The molecular formula is C18H22N2O3S. The highest BCUT2D eigenvalue weighted by Gasteiger charge is 2.20. The van der Waals surface area contributed by atoms with Crippen LogP contribution in [0.2, 0.25) is 0 Å². The third-order valence-corrected chi connectivity index (χ3v) is 4.01. The quantitative estimate of drug-likeness (QED) is 0.817. The average molecular weight is 346 g/mol. The molecule has 24 heavy (non-hydrogen) atoms. The number of nitrogens with zero attached hydrogens (tertiary/aromatic N) is 1. The van der Waals surface area contributed by atoms with Crippen LogP contribution in [0.1, 0.15) is 32.0 Å². The number of rotatable bonds is 5. The number of para-hydroxylation sites is 1. The minimum atomic E-state index is -0.500. The van der Waals surface area contributed by atoms with Crippen molar-refractivity contribution in [2.45, 2.75) is 31.9 Å². The van der Waals surface area contributed by atoms with Crippen LogP contribution in [0, 0.1) is 0 Å². The monoisotopic (exact) mass is 346 g/mol. The predicted molar refractivity (Wildman–Crippen MR) is 96.4 cm³/mol. The number of hydrogen-bond acceptors (Lipinski definition) is 5. The number of hydrogen-bond donors (Lipinski definition) is 1. The molecule has 0 aliphatic carbocycles. The van der Waals surface area contributed by atoms with Gasteiger partial charge in [-0.25, -0.2) is 9.78 Å². The molecular weight excluding hydrogens is 324 g/mol. The fourth-order valence-electron chi connectivity index (χ4n) is 2.12. The molecule has 0 saturated carbocycles. The van der Waals surface area contributed by atoms with Crippen molar-refractivity contribution in [3.05, 3.63) is 53.7 Å². The molecule has 6 heteroatoms. The van der Waals surface area contributed by atoms with E-state index in [1.54, 1.807) is 19.2 Å². The second kappa shape index (κ2) is 8.06. The Morgan fingerprint density at radius 1 is 1.17 bits per heavy atom. The highest BCUT2D eigenvalue weighted by molar-refractivity contribution is 7.97. The Hall–Kier alpha value is -2.21. The maximum atomic E-state index is 12.0. The van der Waals surface area contributed by atoms with Gasteiger partial charge in [-0.15, -0.1) is 0 Å². The zero-order valence-electron chi connectivity index (χ0n) is 14.3. The van der Waals surface area contributed by atoms with E-state index < -0.39 is 6.09 Å². The Balaban J connectivity index is 1.90. The van der Waals surface area contributed by atoms with Crippen LogP contribution < -0.4 is 14.2 Å². The normalized spacial score (nSPS) is 11.0. The van der Waals surface area contributed by atoms with Gasteiger partial charge in [-0.1, -0.05) is 45.0 Å². The van der Waals surface area contributed by atoms with Crippen LogP contribution in [0.5, 0.6) is 11.6 Å². The Morgan fingerprint density at radius 2 is 1.92 bits per heavy atom. The van der Waals surface area contributed by atoms with Gasteiger partial charge in [0.2, 0.25) is 5.88 Å². The molecule has 0 bridgehead atoms. The van der Waals surface area contributed by atoms with Crippen LogP contribution in [0.4, 0.5) is 4.79 Å². The second-order valence-electron chi connectivity index (χ2n) is 6.20. The van der Waals surface area contributed by atoms with E-state index >= 15 is 0 Å². The lowest BCUT2D eigenvalue weighted by Crippen LogP contribution is -2.23. The van der Waals surface area contributed by atoms with Crippen molar-refractivity contribution >= 4 is 18.0 Å². The SMILES string of the molecule is COc1cccc(CSNC(=O)Oc2ccccc2C(C)(C)C)n1. The summed E-state index contributed by atoms with van der Waals surface area (Å²) < 4.78 is 13.2. The van der Waals surface area contributed by atoms with Crippen molar-refractivity contribution in [3.63, 3.8) is 0 Å². The van der Waals surface area contributed by atoms with Gasteiger partial charge in [0.05, 0.1) is 18.6 Å². The zero-order valence-corrected chi connectivity index (χ0v) is 15.1. The number of benzene rings is 1. The standard InChI is InChI=1S/C18H22N2O3S/c1-18(2,3)14-9-5-6-10-15(14)23-17(21)20-24-12-13-8-7-11-16(19-13)22-4/h5-11H,12H2,1-4H3,(H,20,21). The number of ether oxygens (including phenoxy) is 2. The lowest BCUT2D eigenvalue weighted by Gasteiger charge is -2.21. The number of nitrogens with one attached hydrogen (secondary N) is 1. The summed E-state index contributed by atoms with van der Waals surface area (Å²) in [6.07, 6.45) is -0.500. The number of carbonyl (C=O) groups is 1. The smallest absolute Gasteiger partial charge is 0.422 e. The summed E-state index contributed by atoms with van der Waals surface area (Å²) in [5.74, 6) is 1.64. The molecule has 0 aliphatic rings. The molecule has 0 atom stereocenters. The van der Waals surface area contributed by atoms with Crippen LogP contribution in [0.25, 0.3) is 0 Å². The highest BCUT2D eigenvalue weighted by Crippen LogP contribution is 2.31. The van der Waals surface area contributed by atoms with E-state index in [-0.39, 0.29) is 5.41 Å². The van der Waals surface area contributed by atoms with E-state index in [0.29, 0.717) is 17.4 Å². The van der Waals surface area contributed by atoms with Gasteiger partial charge in [-0.3, -0.25) is 4.72 Å². The van der Waals surface area contributed by atoms with Crippen LogP contribution >= 0.6 is 11.9 Å². The summed E-state index contributed by atoms with van der Waals surface area (Å²) in [5, 5.41) is 0. The highest BCUT2D eigenvalue weighted by atomic mass is 32.2. The molecule has 1 heterocycles. The fourth-order valence-corrected chi connectivity index (χ4v) is 2.66. The lowest BCUT2D eigenvalue weighted by atomic mass is 9.86. The molecule has 0 saturated heterocycles. The first-order valence-corrected chi connectivity index (χ1v) is 8.58. The van der Waals surface area contributed by atoms with Gasteiger partial charge in [-0.2, -0.15) is 0 Å². The Bertz CT molecular complexity index is 699. The number of aromatic nitrogens is 1. The molecule has 128 valence electrons. The van der Waals surface area contributed by atoms with E-state index in [1.807, 2.05) is 30.3 Å². The molecule has 0 fully saturated rings. The predicted octanol–water partition coefficient (Wildman–Crippen LogP) is 4.32. The van der Waals surface area contributed by atoms with E-state index in [4.69, 9.17) is 9.47 Å². The van der Waals surface area contributed by atoms with Gasteiger partial charge >= 0.3 is 6.09 Å². The summed E-state index contributed by atoms with van der Waals surface area (Å²) in [6, 6.07) is 13.1. The van der Waals surface area contributed by atoms with Crippen molar-refractivity contribution in [1.29, 1.82) is 0 Å². The number of amides is 1. The molecule has 5 nitrogen and oxygen atoms in total. The summed E-state index contributed by atoms with van der Waals surface area (Å²) >= 11 is 1.22. The van der Waals surface area contributed by atoms with Crippen LogP contribution in [-0.4, -0.2) is 18.2 Å². The molecule has 1 amide bonds. The van der Waals surface area contributed by atoms with Gasteiger partial charge in [0.1, 0.15) is 5.75 Å².